The Morgan fingerprint density at radius 2 is 1.78 bits per heavy atom. The number of benzene rings is 1. The molecule has 0 saturated heterocycles. The highest BCUT2D eigenvalue weighted by Gasteiger charge is 2.23. The van der Waals surface area contributed by atoms with Gasteiger partial charge in [0.15, 0.2) is 0 Å². The molecule has 0 aliphatic carbocycles. The normalized spacial score (nSPS) is 11.4. The molecule has 2 aromatic rings. The van der Waals surface area contributed by atoms with Gasteiger partial charge in [-0.3, -0.25) is 0 Å². The first-order valence-electron chi connectivity index (χ1n) is 6.15. The second-order valence-electron chi connectivity index (χ2n) is 4.87. The molecule has 0 spiro atoms. The molecule has 5 nitrogen and oxygen atoms in total. The van der Waals surface area contributed by atoms with Crippen molar-refractivity contribution >= 4 is 17.1 Å². The molecule has 1 heterocycles. The van der Waals surface area contributed by atoms with E-state index >= 15 is 0 Å². The van der Waals surface area contributed by atoms with Gasteiger partial charge >= 0.3 is 6.03 Å². The van der Waals surface area contributed by atoms with Crippen molar-refractivity contribution in [2.24, 2.45) is 0 Å². The standard InChI is InChI=1S/C13H18N4O/c1-9(2)16(10(3)4)13(18)17-12-8-6-5-7-11(12)14-15-17/h5-10H,1-4H3. The van der Waals surface area contributed by atoms with Gasteiger partial charge in [0.05, 0.1) is 5.52 Å². The third kappa shape index (κ3) is 2.08. The molecular formula is C13H18N4O. The molecule has 0 saturated carbocycles. The second kappa shape index (κ2) is 4.76. The smallest absolute Gasteiger partial charge is 0.318 e. The van der Waals surface area contributed by atoms with Gasteiger partial charge < -0.3 is 4.90 Å². The summed E-state index contributed by atoms with van der Waals surface area (Å²) in [4.78, 5) is 14.3. The zero-order valence-corrected chi connectivity index (χ0v) is 11.2. The first kappa shape index (κ1) is 12.5. The predicted molar refractivity (Wildman–Crippen MR) is 70.4 cm³/mol. The van der Waals surface area contributed by atoms with Crippen LogP contribution in [0.25, 0.3) is 11.0 Å². The van der Waals surface area contributed by atoms with Crippen LogP contribution in [0, 0.1) is 0 Å². The Labute approximate surface area is 106 Å². The van der Waals surface area contributed by atoms with E-state index in [2.05, 4.69) is 10.3 Å². The number of para-hydroxylation sites is 1. The minimum absolute atomic E-state index is 0.125. The van der Waals surface area contributed by atoms with Gasteiger partial charge in [-0.1, -0.05) is 17.3 Å². The molecule has 1 aromatic heterocycles. The van der Waals surface area contributed by atoms with E-state index in [1.807, 2.05) is 52.0 Å². The number of fused-ring (bicyclic) bond motifs is 1. The zero-order valence-electron chi connectivity index (χ0n) is 11.2. The fraction of sp³-hybridized carbons (Fsp3) is 0.462. The maximum atomic E-state index is 12.5. The molecule has 5 heteroatoms. The fourth-order valence-electron chi connectivity index (χ4n) is 2.16. The SMILES string of the molecule is CC(C)N(C(=O)n1nnc2ccccc21)C(C)C. The Hall–Kier alpha value is -1.91. The summed E-state index contributed by atoms with van der Waals surface area (Å²) in [5, 5.41) is 7.96. The molecule has 0 aliphatic heterocycles. The molecule has 0 N–H and O–H groups in total. The Morgan fingerprint density at radius 3 is 2.39 bits per heavy atom. The zero-order chi connectivity index (χ0) is 13.3. The van der Waals surface area contributed by atoms with E-state index in [4.69, 9.17) is 0 Å². The molecule has 0 fully saturated rings. The minimum Gasteiger partial charge on any atom is -0.318 e. The number of hydrogen-bond donors (Lipinski definition) is 0. The summed E-state index contributed by atoms with van der Waals surface area (Å²) in [6, 6.07) is 7.58. The van der Waals surface area contributed by atoms with Crippen LogP contribution in [0.3, 0.4) is 0 Å². The second-order valence-corrected chi connectivity index (χ2v) is 4.87. The quantitative estimate of drug-likeness (QED) is 0.818. The van der Waals surface area contributed by atoms with E-state index in [0.717, 1.165) is 11.0 Å². The van der Waals surface area contributed by atoms with Crippen LogP contribution in [0.5, 0.6) is 0 Å². The fourth-order valence-corrected chi connectivity index (χ4v) is 2.16. The summed E-state index contributed by atoms with van der Waals surface area (Å²) >= 11 is 0. The van der Waals surface area contributed by atoms with Crippen LogP contribution in [0.1, 0.15) is 27.7 Å². The number of hydrogen-bond acceptors (Lipinski definition) is 3. The molecule has 18 heavy (non-hydrogen) atoms. The van der Waals surface area contributed by atoms with Crippen LogP contribution in [-0.2, 0) is 0 Å². The summed E-state index contributed by atoms with van der Waals surface area (Å²) < 4.78 is 1.37. The molecular weight excluding hydrogens is 228 g/mol. The van der Waals surface area contributed by atoms with Crippen molar-refractivity contribution in [3.05, 3.63) is 24.3 Å². The van der Waals surface area contributed by atoms with Crippen LogP contribution >= 0.6 is 0 Å². The average Bonchev–Trinajstić information content (AvgIpc) is 2.71. The Balaban J connectivity index is 2.44. The first-order valence-corrected chi connectivity index (χ1v) is 6.15. The molecule has 0 unspecified atom stereocenters. The van der Waals surface area contributed by atoms with Crippen LogP contribution in [0.4, 0.5) is 4.79 Å². The van der Waals surface area contributed by atoms with Crippen molar-refractivity contribution in [3.8, 4) is 0 Å². The van der Waals surface area contributed by atoms with Gasteiger partial charge in [0.1, 0.15) is 5.52 Å². The van der Waals surface area contributed by atoms with Crippen molar-refractivity contribution in [1.82, 2.24) is 19.9 Å². The minimum atomic E-state index is -0.131. The van der Waals surface area contributed by atoms with E-state index in [1.165, 1.54) is 4.68 Å². The summed E-state index contributed by atoms with van der Waals surface area (Å²) in [6.45, 7) is 7.99. The summed E-state index contributed by atoms with van der Waals surface area (Å²) in [6.07, 6.45) is 0. The summed E-state index contributed by atoms with van der Waals surface area (Å²) in [5.41, 5.74) is 1.48. The van der Waals surface area contributed by atoms with E-state index in [0.29, 0.717) is 0 Å². The van der Waals surface area contributed by atoms with Gasteiger partial charge in [-0.05, 0) is 39.8 Å². The molecule has 0 radical (unpaired) electrons. The van der Waals surface area contributed by atoms with Gasteiger partial charge in [0.2, 0.25) is 0 Å². The number of carbonyl (C=O) groups excluding carboxylic acids is 1. The van der Waals surface area contributed by atoms with Crippen molar-refractivity contribution in [3.63, 3.8) is 0 Å². The number of aromatic nitrogens is 3. The highest BCUT2D eigenvalue weighted by Crippen LogP contribution is 2.13. The maximum Gasteiger partial charge on any atom is 0.347 e. The Morgan fingerprint density at radius 1 is 1.17 bits per heavy atom. The average molecular weight is 246 g/mol. The highest BCUT2D eigenvalue weighted by molar-refractivity contribution is 5.87. The lowest BCUT2D eigenvalue weighted by molar-refractivity contribution is 0.164. The highest BCUT2D eigenvalue weighted by atomic mass is 16.2. The van der Waals surface area contributed by atoms with Crippen LogP contribution < -0.4 is 0 Å². The molecule has 0 atom stereocenters. The van der Waals surface area contributed by atoms with E-state index in [9.17, 15) is 4.79 Å². The Kier molecular flexibility index (Phi) is 3.32. The lowest BCUT2D eigenvalue weighted by Gasteiger charge is -2.30. The molecule has 96 valence electrons. The summed E-state index contributed by atoms with van der Waals surface area (Å²) in [5.74, 6) is 0. The lowest BCUT2D eigenvalue weighted by atomic mass is 10.2. The lowest BCUT2D eigenvalue weighted by Crippen LogP contribution is -2.44. The van der Waals surface area contributed by atoms with Gasteiger partial charge in [-0.25, -0.2) is 4.79 Å². The van der Waals surface area contributed by atoms with Gasteiger partial charge in [-0.15, -0.1) is 5.10 Å². The van der Waals surface area contributed by atoms with Gasteiger partial charge in [0, 0.05) is 12.1 Å². The van der Waals surface area contributed by atoms with E-state index < -0.39 is 0 Å². The van der Waals surface area contributed by atoms with Crippen molar-refractivity contribution in [2.75, 3.05) is 0 Å². The van der Waals surface area contributed by atoms with Crippen LogP contribution in [0.15, 0.2) is 24.3 Å². The van der Waals surface area contributed by atoms with Crippen molar-refractivity contribution < 1.29 is 4.79 Å². The monoisotopic (exact) mass is 246 g/mol. The first-order chi connectivity index (χ1) is 8.52. The molecule has 1 amide bonds. The van der Waals surface area contributed by atoms with Gasteiger partial charge in [-0.2, -0.15) is 4.68 Å². The van der Waals surface area contributed by atoms with Crippen LogP contribution in [-0.4, -0.2) is 38.0 Å². The third-order valence-electron chi connectivity index (χ3n) is 2.87. The Bertz CT molecular complexity index is 551. The predicted octanol–water partition coefficient (Wildman–Crippen LogP) is 2.52. The summed E-state index contributed by atoms with van der Waals surface area (Å²) in [7, 11) is 0. The maximum absolute atomic E-state index is 12.5. The molecule has 0 bridgehead atoms. The van der Waals surface area contributed by atoms with E-state index in [-0.39, 0.29) is 18.1 Å². The third-order valence-corrected chi connectivity index (χ3v) is 2.87. The van der Waals surface area contributed by atoms with Gasteiger partial charge in [0.25, 0.3) is 0 Å². The largest absolute Gasteiger partial charge is 0.347 e. The molecule has 0 aliphatic rings. The topological polar surface area (TPSA) is 51.0 Å². The molecule has 2 rings (SSSR count). The molecule has 1 aromatic carbocycles. The number of carbonyl (C=O) groups is 1. The van der Waals surface area contributed by atoms with Crippen molar-refractivity contribution in [1.29, 1.82) is 0 Å². The van der Waals surface area contributed by atoms with Crippen molar-refractivity contribution in [2.45, 2.75) is 39.8 Å². The van der Waals surface area contributed by atoms with Crippen LogP contribution in [0.2, 0.25) is 0 Å². The number of nitrogens with zero attached hydrogens (tertiary/aromatic N) is 4. The number of amides is 1. The number of rotatable bonds is 2. The van der Waals surface area contributed by atoms with E-state index in [1.54, 1.807) is 4.90 Å².